The number of carbonyl (C=O) groups excluding carboxylic acids is 2. The molecule has 2 aromatic carbocycles. The number of benzene rings is 2. The van der Waals surface area contributed by atoms with Crippen molar-refractivity contribution in [2.45, 2.75) is 33.2 Å². The molecule has 0 saturated carbocycles. The Labute approximate surface area is 171 Å². The number of amides is 1. The third-order valence-electron chi connectivity index (χ3n) is 4.78. The van der Waals surface area contributed by atoms with E-state index in [-0.39, 0.29) is 30.3 Å². The van der Waals surface area contributed by atoms with Gasteiger partial charge < -0.3 is 19.5 Å². The summed E-state index contributed by atoms with van der Waals surface area (Å²) in [6, 6.07) is 12.4. The van der Waals surface area contributed by atoms with Crippen LogP contribution in [0.1, 0.15) is 49.2 Å². The molecule has 1 N–H and O–H groups in total. The Morgan fingerprint density at radius 3 is 2.38 bits per heavy atom. The van der Waals surface area contributed by atoms with Crippen LogP contribution in [0.4, 0.5) is 0 Å². The number of ether oxygens (including phenoxy) is 3. The van der Waals surface area contributed by atoms with E-state index in [4.69, 9.17) is 14.2 Å². The molecule has 29 heavy (non-hydrogen) atoms. The van der Waals surface area contributed by atoms with Gasteiger partial charge in [0.05, 0.1) is 6.04 Å². The zero-order chi connectivity index (χ0) is 20.8. The van der Waals surface area contributed by atoms with Gasteiger partial charge in [-0.1, -0.05) is 26.8 Å². The highest BCUT2D eigenvalue weighted by molar-refractivity contribution is 5.95. The van der Waals surface area contributed by atoms with Crippen LogP contribution in [0.25, 0.3) is 0 Å². The number of nitrogens with one attached hydrogen (secondary N) is 1. The summed E-state index contributed by atoms with van der Waals surface area (Å²) in [6.45, 7) is 6.88. The topological polar surface area (TPSA) is 73.9 Å². The van der Waals surface area contributed by atoms with Gasteiger partial charge in [-0.15, -0.1) is 0 Å². The number of hydrogen-bond donors (Lipinski definition) is 1. The Morgan fingerprint density at radius 2 is 1.72 bits per heavy atom. The fourth-order valence-corrected chi connectivity index (χ4v) is 3.19. The zero-order valence-electron chi connectivity index (χ0n) is 17.1. The maximum Gasteiger partial charge on any atom is 0.258 e. The van der Waals surface area contributed by atoms with Gasteiger partial charge in [0.25, 0.3) is 5.91 Å². The molecule has 0 aromatic heterocycles. The van der Waals surface area contributed by atoms with Crippen LogP contribution in [-0.2, 0) is 4.79 Å². The number of ketones is 1. The van der Waals surface area contributed by atoms with Crippen LogP contribution >= 0.6 is 0 Å². The first-order chi connectivity index (χ1) is 14.0. The second-order valence-corrected chi connectivity index (χ2v) is 7.28. The van der Waals surface area contributed by atoms with Crippen LogP contribution in [0.3, 0.4) is 0 Å². The Morgan fingerprint density at radius 1 is 1.03 bits per heavy atom. The van der Waals surface area contributed by atoms with Gasteiger partial charge in [0, 0.05) is 12.0 Å². The van der Waals surface area contributed by atoms with E-state index in [2.05, 4.69) is 5.32 Å². The smallest absolute Gasteiger partial charge is 0.258 e. The summed E-state index contributed by atoms with van der Waals surface area (Å²) >= 11 is 0. The Hall–Kier alpha value is -3.02. The van der Waals surface area contributed by atoms with Crippen molar-refractivity contribution in [1.29, 1.82) is 0 Å². The molecule has 1 aliphatic heterocycles. The fourth-order valence-electron chi connectivity index (χ4n) is 3.19. The largest absolute Gasteiger partial charge is 0.486 e. The standard InChI is InChI=1S/C23H27NO5/c1-4-19(25)16-5-8-18(9-6-16)29-14-22(26)24-23(15(2)3)17-7-10-20-21(13-17)28-12-11-27-20/h5-10,13,15,23H,4,11-12,14H2,1-3H3,(H,24,26)/t23-/m1/s1. The van der Waals surface area contributed by atoms with Gasteiger partial charge >= 0.3 is 0 Å². The van der Waals surface area contributed by atoms with Crippen molar-refractivity contribution in [3.8, 4) is 17.2 Å². The number of hydrogen-bond acceptors (Lipinski definition) is 5. The molecule has 1 heterocycles. The molecule has 0 bridgehead atoms. The lowest BCUT2D eigenvalue weighted by Crippen LogP contribution is -2.35. The lowest BCUT2D eigenvalue weighted by atomic mass is 9.95. The number of rotatable bonds is 8. The number of carbonyl (C=O) groups is 2. The van der Waals surface area contributed by atoms with Gasteiger partial charge in [-0.3, -0.25) is 9.59 Å². The summed E-state index contributed by atoms with van der Waals surface area (Å²) in [5.41, 5.74) is 1.60. The maximum absolute atomic E-state index is 12.5. The number of Topliss-reactive ketones (excluding diaryl/α,β-unsaturated/α-hetero) is 1. The SMILES string of the molecule is CCC(=O)c1ccc(OCC(=O)N[C@@H](c2ccc3c(c2)OCCO3)C(C)C)cc1. The lowest BCUT2D eigenvalue weighted by molar-refractivity contribution is -0.124. The highest BCUT2D eigenvalue weighted by Gasteiger charge is 2.21. The van der Waals surface area contributed by atoms with Gasteiger partial charge in [0.2, 0.25) is 0 Å². The first-order valence-electron chi connectivity index (χ1n) is 9.93. The molecule has 3 rings (SSSR count). The molecule has 6 heteroatoms. The van der Waals surface area contributed by atoms with Gasteiger partial charge in [0.1, 0.15) is 19.0 Å². The highest BCUT2D eigenvalue weighted by atomic mass is 16.6. The second-order valence-electron chi connectivity index (χ2n) is 7.28. The molecule has 0 spiro atoms. The molecule has 1 atom stereocenters. The Kier molecular flexibility index (Phi) is 6.75. The monoisotopic (exact) mass is 397 g/mol. The average Bonchev–Trinajstić information content (AvgIpc) is 2.75. The lowest BCUT2D eigenvalue weighted by Gasteiger charge is -2.25. The third-order valence-corrected chi connectivity index (χ3v) is 4.78. The average molecular weight is 397 g/mol. The minimum Gasteiger partial charge on any atom is -0.486 e. The summed E-state index contributed by atoms with van der Waals surface area (Å²) in [5, 5.41) is 3.03. The van der Waals surface area contributed by atoms with E-state index in [9.17, 15) is 9.59 Å². The van der Waals surface area contributed by atoms with E-state index in [1.807, 2.05) is 39.0 Å². The molecule has 6 nitrogen and oxygen atoms in total. The van der Waals surface area contributed by atoms with Crippen molar-refractivity contribution in [2.24, 2.45) is 5.92 Å². The molecule has 154 valence electrons. The molecule has 0 unspecified atom stereocenters. The van der Waals surface area contributed by atoms with Crippen LogP contribution < -0.4 is 19.5 Å². The van der Waals surface area contributed by atoms with Crippen LogP contribution in [0.5, 0.6) is 17.2 Å². The van der Waals surface area contributed by atoms with E-state index in [0.717, 1.165) is 11.3 Å². The fraction of sp³-hybridized carbons (Fsp3) is 0.391. The van der Waals surface area contributed by atoms with E-state index in [0.29, 0.717) is 36.7 Å². The van der Waals surface area contributed by atoms with Crippen LogP contribution in [-0.4, -0.2) is 31.5 Å². The molecule has 1 aliphatic rings. The molecule has 0 fully saturated rings. The van der Waals surface area contributed by atoms with E-state index in [1.165, 1.54) is 0 Å². The van der Waals surface area contributed by atoms with Crippen molar-refractivity contribution in [2.75, 3.05) is 19.8 Å². The van der Waals surface area contributed by atoms with Crippen LogP contribution in [0.15, 0.2) is 42.5 Å². The summed E-state index contributed by atoms with van der Waals surface area (Å²) in [6.07, 6.45) is 0.457. The van der Waals surface area contributed by atoms with E-state index >= 15 is 0 Å². The molecular weight excluding hydrogens is 370 g/mol. The van der Waals surface area contributed by atoms with Gasteiger partial charge in [-0.05, 0) is 47.9 Å². The zero-order valence-corrected chi connectivity index (χ0v) is 17.1. The molecule has 1 amide bonds. The molecule has 0 aliphatic carbocycles. The second kappa shape index (κ2) is 9.45. The van der Waals surface area contributed by atoms with Crippen LogP contribution in [0.2, 0.25) is 0 Å². The van der Waals surface area contributed by atoms with Crippen molar-refractivity contribution < 1.29 is 23.8 Å². The van der Waals surface area contributed by atoms with E-state index < -0.39 is 0 Å². The van der Waals surface area contributed by atoms with Crippen molar-refractivity contribution in [1.82, 2.24) is 5.32 Å². The molecule has 0 saturated heterocycles. The number of fused-ring (bicyclic) bond motifs is 1. The van der Waals surface area contributed by atoms with Crippen molar-refractivity contribution in [3.05, 3.63) is 53.6 Å². The van der Waals surface area contributed by atoms with Gasteiger partial charge in [-0.2, -0.15) is 0 Å². The third kappa shape index (κ3) is 5.28. The highest BCUT2D eigenvalue weighted by Crippen LogP contribution is 2.34. The Bertz CT molecular complexity index is 860. The minimum atomic E-state index is -0.215. The van der Waals surface area contributed by atoms with E-state index in [1.54, 1.807) is 24.3 Å². The predicted molar refractivity (Wildman–Crippen MR) is 110 cm³/mol. The van der Waals surface area contributed by atoms with Gasteiger partial charge in [-0.25, -0.2) is 0 Å². The minimum absolute atomic E-state index is 0.0773. The first-order valence-corrected chi connectivity index (χ1v) is 9.93. The Balaban J connectivity index is 1.60. The summed E-state index contributed by atoms with van der Waals surface area (Å²) in [4.78, 5) is 24.1. The summed E-state index contributed by atoms with van der Waals surface area (Å²) in [5.74, 6) is 2.02. The molecular formula is C23H27NO5. The maximum atomic E-state index is 12.5. The molecule has 2 aromatic rings. The summed E-state index contributed by atoms with van der Waals surface area (Å²) < 4.78 is 16.8. The normalized spacial score (nSPS) is 13.7. The van der Waals surface area contributed by atoms with Crippen molar-refractivity contribution >= 4 is 11.7 Å². The van der Waals surface area contributed by atoms with Crippen molar-refractivity contribution in [3.63, 3.8) is 0 Å². The molecule has 0 radical (unpaired) electrons. The quantitative estimate of drug-likeness (QED) is 0.683. The van der Waals surface area contributed by atoms with Gasteiger partial charge in [0.15, 0.2) is 23.9 Å². The predicted octanol–water partition coefficient (Wildman–Crippen LogP) is 3.94. The van der Waals surface area contributed by atoms with Crippen LogP contribution in [0, 0.1) is 5.92 Å². The first kappa shape index (κ1) is 20.7. The summed E-state index contributed by atoms with van der Waals surface area (Å²) in [7, 11) is 0.